The van der Waals surface area contributed by atoms with E-state index in [0.29, 0.717) is 19.0 Å². The highest BCUT2D eigenvalue weighted by atomic mass is 35.5. The van der Waals surface area contributed by atoms with E-state index < -0.39 is 0 Å². The molecule has 0 aromatic rings. The Morgan fingerprint density at radius 3 is 2.56 bits per heavy atom. The van der Waals surface area contributed by atoms with Crippen LogP contribution >= 0.6 is 12.4 Å². The van der Waals surface area contributed by atoms with Gasteiger partial charge in [-0.25, -0.2) is 0 Å². The van der Waals surface area contributed by atoms with Crippen molar-refractivity contribution < 1.29 is 14.3 Å². The van der Waals surface area contributed by atoms with E-state index in [2.05, 4.69) is 5.32 Å². The molecule has 2 fully saturated rings. The smallest absolute Gasteiger partial charge is 0.309 e. The maximum absolute atomic E-state index is 12.0. The number of hydrogen-bond donors (Lipinski definition) is 1. The average Bonchev–Trinajstić information content (AvgIpc) is 2.38. The summed E-state index contributed by atoms with van der Waals surface area (Å²) < 4.78 is 4.70. The van der Waals surface area contributed by atoms with Crippen molar-refractivity contribution in [2.24, 2.45) is 5.92 Å². The Kier molecular flexibility index (Phi) is 5.88. The fourth-order valence-corrected chi connectivity index (χ4v) is 2.72. The molecule has 1 N–H and O–H groups in total. The number of ether oxygens (including phenoxy) is 1. The molecular weight excluding hydrogens is 256 g/mol. The van der Waals surface area contributed by atoms with Gasteiger partial charge in [-0.1, -0.05) is 0 Å². The van der Waals surface area contributed by atoms with Gasteiger partial charge in [-0.15, -0.1) is 12.4 Å². The molecule has 0 radical (unpaired) electrons. The van der Waals surface area contributed by atoms with Gasteiger partial charge >= 0.3 is 5.97 Å². The van der Waals surface area contributed by atoms with Crippen LogP contribution in [0, 0.1) is 5.92 Å². The predicted octanol–water partition coefficient (Wildman–Crippen LogP) is 0.572. The van der Waals surface area contributed by atoms with Gasteiger partial charge in [0, 0.05) is 19.0 Å². The summed E-state index contributed by atoms with van der Waals surface area (Å²) in [6.07, 6.45) is 3.10. The van der Waals surface area contributed by atoms with E-state index in [1.165, 1.54) is 7.11 Å². The number of rotatable bonds is 2. The van der Waals surface area contributed by atoms with E-state index in [9.17, 15) is 9.59 Å². The molecule has 1 amide bonds. The molecule has 6 heteroatoms. The van der Waals surface area contributed by atoms with Crippen molar-refractivity contribution >= 4 is 24.3 Å². The van der Waals surface area contributed by atoms with Crippen molar-refractivity contribution in [1.29, 1.82) is 0 Å². The van der Waals surface area contributed by atoms with Crippen LogP contribution in [0.2, 0.25) is 0 Å². The number of esters is 1. The Morgan fingerprint density at radius 2 is 2.00 bits per heavy atom. The lowest BCUT2D eigenvalue weighted by atomic mass is 9.93. The van der Waals surface area contributed by atoms with Gasteiger partial charge in [0.25, 0.3) is 0 Å². The topological polar surface area (TPSA) is 58.6 Å². The largest absolute Gasteiger partial charge is 0.469 e. The quantitative estimate of drug-likeness (QED) is 0.750. The van der Waals surface area contributed by atoms with E-state index in [4.69, 9.17) is 4.74 Å². The van der Waals surface area contributed by atoms with Crippen LogP contribution in [0.4, 0.5) is 0 Å². The first-order valence-electron chi connectivity index (χ1n) is 6.30. The summed E-state index contributed by atoms with van der Waals surface area (Å²) in [5.41, 5.74) is 0. The van der Waals surface area contributed by atoms with Gasteiger partial charge in [0.05, 0.1) is 13.0 Å². The molecule has 2 rings (SSSR count). The maximum Gasteiger partial charge on any atom is 0.309 e. The van der Waals surface area contributed by atoms with Crippen molar-refractivity contribution in [3.63, 3.8) is 0 Å². The van der Waals surface area contributed by atoms with Crippen molar-refractivity contribution in [2.75, 3.05) is 26.7 Å². The van der Waals surface area contributed by atoms with Crippen LogP contribution in [0.3, 0.4) is 0 Å². The Morgan fingerprint density at radius 1 is 1.33 bits per heavy atom. The van der Waals surface area contributed by atoms with Gasteiger partial charge in [0.2, 0.25) is 5.91 Å². The van der Waals surface area contributed by atoms with Crippen molar-refractivity contribution in [3.05, 3.63) is 0 Å². The SMILES string of the molecule is COC(=O)C1CCN(C2CCNCC2)C(=O)C1.Cl. The predicted molar refractivity (Wildman–Crippen MR) is 69.6 cm³/mol. The summed E-state index contributed by atoms with van der Waals surface area (Å²) >= 11 is 0. The summed E-state index contributed by atoms with van der Waals surface area (Å²) in [5, 5.41) is 3.29. The van der Waals surface area contributed by atoms with E-state index in [1.807, 2.05) is 4.90 Å². The number of nitrogens with zero attached hydrogens (tertiary/aromatic N) is 1. The summed E-state index contributed by atoms with van der Waals surface area (Å²) in [6.45, 7) is 2.66. The highest BCUT2D eigenvalue weighted by Crippen LogP contribution is 2.24. The van der Waals surface area contributed by atoms with Gasteiger partial charge in [-0.3, -0.25) is 9.59 Å². The van der Waals surface area contributed by atoms with E-state index >= 15 is 0 Å². The van der Waals surface area contributed by atoms with Gasteiger partial charge in [0.15, 0.2) is 0 Å². The van der Waals surface area contributed by atoms with Gasteiger partial charge in [-0.05, 0) is 32.4 Å². The molecule has 0 aliphatic carbocycles. The molecule has 0 aromatic carbocycles. The Hall–Kier alpha value is -0.810. The van der Waals surface area contributed by atoms with E-state index in [1.54, 1.807) is 0 Å². The monoisotopic (exact) mass is 276 g/mol. The first-order chi connectivity index (χ1) is 8.22. The molecule has 5 nitrogen and oxygen atoms in total. The van der Waals surface area contributed by atoms with Crippen molar-refractivity contribution in [2.45, 2.75) is 31.7 Å². The first-order valence-corrected chi connectivity index (χ1v) is 6.30. The average molecular weight is 277 g/mol. The second kappa shape index (κ2) is 6.95. The lowest BCUT2D eigenvalue weighted by molar-refractivity contribution is -0.153. The number of likely N-dealkylation sites (tertiary alicyclic amines) is 1. The van der Waals surface area contributed by atoms with Crippen LogP contribution in [-0.2, 0) is 14.3 Å². The number of hydrogen-bond acceptors (Lipinski definition) is 4. The Labute approximate surface area is 114 Å². The zero-order chi connectivity index (χ0) is 12.3. The molecule has 0 spiro atoms. The molecule has 2 heterocycles. The van der Waals surface area contributed by atoms with Gasteiger partial charge in [-0.2, -0.15) is 0 Å². The second-order valence-electron chi connectivity index (χ2n) is 4.78. The minimum atomic E-state index is -0.247. The second-order valence-corrected chi connectivity index (χ2v) is 4.78. The lowest BCUT2D eigenvalue weighted by Gasteiger charge is -2.38. The van der Waals surface area contributed by atoms with Crippen LogP contribution in [-0.4, -0.2) is 49.6 Å². The van der Waals surface area contributed by atoms with E-state index in [-0.39, 0.29) is 30.2 Å². The van der Waals surface area contributed by atoms with Crippen LogP contribution in [0.1, 0.15) is 25.7 Å². The Bertz CT molecular complexity index is 306. The summed E-state index contributed by atoms with van der Waals surface area (Å²) in [7, 11) is 1.38. The fraction of sp³-hybridized carbons (Fsp3) is 0.833. The normalized spacial score (nSPS) is 25.5. The molecular formula is C12H21ClN2O3. The summed E-state index contributed by atoms with van der Waals surface area (Å²) in [6, 6.07) is 0.363. The van der Waals surface area contributed by atoms with Crippen LogP contribution < -0.4 is 5.32 Å². The van der Waals surface area contributed by atoms with Crippen LogP contribution in [0.5, 0.6) is 0 Å². The molecule has 1 unspecified atom stereocenters. The molecule has 2 aliphatic rings. The zero-order valence-corrected chi connectivity index (χ0v) is 11.5. The van der Waals surface area contributed by atoms with Crippen LogP contribution in [0.15, 0.2) is 0 Å². The maximum atomic E-state index is 12.0. The number of amides is 1. The highest BCUT2D eigenvalue weighted by Gasteiger charge is 2.34. The molecule has 0 saturated carbocycles. The van der Waals surface area contributed by atoms with Crippen molar-refractivity contribution in [3.8, 4) is 0 Å². The number of piperidine rings is 2. The standard InChI is InChI=1S/C12H20N2O3.ClH/c1-17-12(16)9-4-7-14(11(15)8-9)10-2-5-13-6-3-10;/h9-10,13H,2-8H2,1H3;1H. The highest BCUT2D eigenvalue weighted by molar-refractivity contribution is 5.85. The summed E-state index contributed by atoms with van der Waals surface area (Å²) in [4.78, 5) is 25.4. The minimum Gasteiger partial charge on any atom is -0.469 e. The van der Waals surface area contributed by atoms with Gasteiger partial charge < -0.3 is 15.0 Å². The van der Waals surface area contributed by atoms with Crippen LogP contribution in [0.25, 0.3) is 0 Å². The summed E-state index contributed by atoms with van der Waals surface area (Å²) in [5.74, 6) is -0.368. The number of nitrogens with one attached hydrogen (secondary N) is 1. The molecule has 0 aromatic heterocycles. The molecule has 18 heavy (non-hydrogen) atoms. The minimum absolute atomic E-state index is 0. The molecule has 104 valence electrons. The third-order valence-corrected chi connectivity index (χ3v) is 3.74. The number of carbonyl (C=O) groups excluding carboxylic acids is 2. The number of halogens is 1. The molecule has 1 atom stereocenters. The fourth-order valence-electron chi connectivity index (χ4n) is 2.72. The third-order valence-electron chi connectivity index (χ3n) is 3.74. The third kappa shape index (κ3) is 3.36. The van der Waals surface area contributed by atoms with Gasteiger partial charge in [0.1, 0.15) is 0 Å². The van der Waals surface area contributed by atoms with Crippen molar-refractivity contribution in [1.82, 2.24) is 10.2 Å². The zero-order valence-electron chi connectivity index (χ0n) is 10.7. The number of carbonyl (C=O) groups is 2. The lowest BCUT2D eigenvalue weighted by Crippen LogP contribution is -2.50. The van der Waals surface area contributed by atoms with E-state index in [0.717, 1.165) is 32.4 Å². The first kappa shape index (κ1) is 15.2. The number of methoxy groups -OCH3 is 1. The molecule has 2 saturated heterocycles. The molecule has 2 aliphatic heterocycles. The molecule has 0 bridgehead atoms. The Balaban J connectivity index is 0.00000162.